The van der Waals surface area contributed by atoms with Crippen LogP contribution in [0.15, 0.2) is 41.8 Å². The third-order valence-corrected chi connectivity index (χ3v) is 5.80. The van der Waals surface area contributed by atoms with E-state index in [9.17, 15) is 4.79 Å². The highest BCUT2D eigenvalue weighted by Gasteiger charge is 2.20. The molecule has 3 rings (SSSR count). The van der Waals surface area contributed by atoms with Crippen molar-refractivity contribution in [3.05, 3.63) is 59.2 Å². The summed E-state index contributed by atoms with van der Waals surface area (Å²) < 4.78 is 9.36. The van der Waals surface area contributed by atoms with E-state index in [1.54, 1.807) is 13.4 Å². The predicted octanol–water partition coefficient (Wildman–Crippen LogP) is 4.18. The number of Topliss-reactive ketones (excluding diaryl/α,β-unsaturated/α-hetero) is 1. The van der Waals surface area contributed by atoms with Crippen LogP contribution < -0.4 is 0 Å². The summed E-state index contributed by atoms with van der Waals surface area (Å²) in [5.74, 6) is 0.404. The van der Waals surface area contributed by atoms with Crippen molar-refractivity contribution in [2.75, 3.05) is 19.5 Å². The Morgan fingerprint density at radius 2 is 2.00 bits per heavy atom. The van der Waals surface area contributed by atoms with Gasteiger partial charge in [0.05, 0.1) is 24.1 Å². The van der Waals surface area contributed by atoms with E-state index in [4.69, 9.17) is 4.74 Å². The van der Waals surface area contributed by atoms with E-state index in [0.29, 0.717) is 17.5 Å². The normalized spacial score (nSPS) is 12.3. The van der Waals surface area contributed by atoms with E-state index in [1.165, 1.54) is 11.8 Å². The van der Waals surface area contributed by atoms with E-state index >= 15 is 0 Å². The first-order chi connectivity index (χ1) is 13.4. The molecule has 0 saturated carbocycles. The average Bonchev–Trinajstić information content (AvgIpc) is 3.24. The molecular weight excluding hydrogens is 372 g/mol. The summed E-state index contributed by atoms with van der Waals surface area (Å²) in [5, 5.41) is 8.94. The van der Waals surface area contributed by atoms with Crippen LogP contribution in [-0.2, 0) is 4.74 Å². The molecule has 148 valence electrons. The lowest BCUT2D eigenvalue weighted by Crippen LogP contribution is -2.14. The van der Waals surface area contributed by atoms with Gasteiger partial charge in [-0.2, -0.15) is 0 Å². The molecule has 0 radical (unpaired) electrons. The summed E-state index contributed by atoms with van der Waals surface area (Å²) in [6.07, 6.45) is 1.69. The minimum atomic E-state index is 0.0910. The lowest BCUT2D eigenvalue weighted by atomic mass is 10.2. The van der Waals surface area contributed by atoms with E-state index in [0.717, 1.165) is 28.2 Å². The number of thioether (sulfide) groups is 1. The smallest absolute Gasteiger partial charge is 0.196 e. The first-order valence-corrected chi connectivity index (χ1v) is 10.2. The highest BCUT2D eigenvalue weighted by atomic mass is 32.2. The Morgan fingerprint density at radius 3 is 2.71 bits per heavy atom. The van der Waals surface area contributed by atoms with E-state index in [1.807, 2.05) is 55.7 Å². The van der Waals surface area contributed by atoms with Gasteiger partial charge in [-0.25, -0.2) is 0 Å². The molecule has 0 saturated heterocycles. The van der Waals surface area contributed by atoms with Crippen LogP contribution in [0, 0.1) is 20.8 Å². The standard InChI is InChI=1S/C21H26N4O2S/c1-14-8-6-7-9-19(14)24-13-22-23-21(24)28-12-20(26)18-10-15(2)25(17(18)4)16(3)11-27-5/h6-10,13,16H,11-12H2,1-5H3. The summed E-state index contributed by atoms with van der Waals surface area (Å²) in [4.78, 5) is 12.9. The Labute approximate surface area is 169 Å². The molecule has 0 spiro atoms. The number of para-hydroxylation sites is 1. The molecule has 1 aromatic carbocycles. The number of carbonyl (C=O) groups is 1. The second kappa shape index (κ2) is 8.75. The zero-order valence-electron chi connectivity index (χ0n) is 17.0. The Bertz CT molecular complexity index is 977. The van der Waals surface area contributed by atoms with Crippen molar-refractivity contribution >= 4 is 17.5 Å². The molecule has 2 aromatic heterocycles. The number of rotatable bonds is 8. The van der Waals surface area contributed by atoms with Gasteiger partial charge in [-0.3, -0.25) is 9.36 Å². The molecule has 0 fully saturated rings. The number of nitrogens with zero attached hydrogens (tertiary/aromatic N) is 4. The molecule has 7 heteroatoms. The zero-order valence-corrected chi connectivity index (χ0v) is 17.8. The second-order valence-electron chi connectivity index (χ2n) is 6.94. The van der Waals surface area contributed by atoms with Gasteiger partial charge in [0.15, 0.2) is 10.9 Å². The van der Waals surface area contributed by atoms with Gasteiger partial charge in [-0.15, -0.1) is 10.2 Å². The average molecular weight is 399 g/mol. The predicted molar refractivity (Wildman–Crippen MR) is 112 cm³/mol. The highest BCUT2D eigenvalue weighted by Crippen LogP contribution is 2.25. The first-order valence-electron chi connectivity index (χ1n) is 9.23. The van der Waals surface area contributed by atoms with Gasteiger partial charge in [-0.05, 0) is 45.4 Å². The van der Waals surface area contributed by atoms with Crippen molar-refractivity contribution in [3.63, 3.8) is 0 Å². The molecule has 1 unspecified atom stereocenters. The molecule has 28 heavy (non-hydrogen) atoms. The minimum absolute atomic E-state index is 0.0910. The van der Waals surface area contributed by atoms with Crippen LogP contribution in [0.4, 0.5) is 0 Å². The fourth-order valence-electron chi connectivity index (χ4n) is 3.58. The molecule has 0 aliphatic heterocycles. The number of benzene rings is 1. The molecule has 0 aliphatic carbocycles. The monoisotopic (exact) mass is 398 g/mol. The van der Waals surface area contributed by atoms with Gasteiger partial charge in [0.25, 0.3) is 0 Å². The maximum absolute atomic E-state index is 12.9. The number of hydrogen-bond donors (Lipinski definition) is 0. The van der Waals surface area contributed by atoms with E-state index in [2.05, 4.69) is 21.7 Å². The summed E-state index contributed by atoms with van der Waals surface area (Å²) in [7, 11) is 1.69. The van der Waals surface area contributed by atoms with Gasteiger partial charge < -0.3 is 9.30 Å². The van der Waals surface area contributed by atoms with Crippen LogP contribution in [0.2, 0.25) is 0 Å². The SMILES string of the molecule is COCC(C)n1c(C)cc(C(=O)CSc2nncn2-c2ccccc2C)c1C. The first kappa shape index (κ1) is 20.4. The molecule has 2 heterocycles. The quantitative estimate of drug-likeness (QED) is 0.421. The van der Waals surface area contributed by atoms with Crippen molar-refractivity contribution in [3.8, 4) is 5.69 Å². The molecule has 3 aromatic rings. The van der Waals surface area contributed by atoms with Gasteiger partial charge >= 0.3 is 0 Å². The molecule has 0 amide bonds. The lowest BCUT2D eigenvalue weighted by Gasteiger charge is -2.17. The van der Waals surface area contributed by atoms with Crippen molar-refractivity contribution in [1.82, 2.24) is 19.3 Å². The van der Waals surface area contributed by atoms with E-state index < -0.39 is 0 Å². The molecule has 0 bridgehead atoms. The third-order valence-electron chi connectivity index (χ3n) is 4.86. The fourth-order valence-corrected chi connectivity index (χ4v) is 4.39. The number of carbonyl (C=O) groups excluding carboxylic acids is 1. The summed E-state index contributed by atoms with van der Waals surface area (Å²) in [6.45, 7) is 8.77. The topological polar surface area (TPSA) is 61.9 Å². The van der Waals surface area contributed by atoms with Crippen molar-refractivity contribution < 1.29 is 9.53 Å². The van der Waals surface area contributed by atoms with Crippen LogP contribution in [0.3, 0.4) is 0 Å². The number of aromatic nitrogens is 4. The molecule has 0 aliphatic rings. The van der Waals surface area contributed by atoms with Gasteiger partial charge in [0.1, 0.15) is 6.33 Å². The second-order valence-corrected chi connectivity index (χ2v) is 7.88. The molecule has 0 N–H and O–H groups in total. The largest absolute Gasteiger partial charge is 0.383 e. The number of methoxy groups -OCH3 is 1. The minimum Gasteiger partial charge on any atom is -0.383 e. The Kier molecular flexibility index (Phi) is 6.36. The summed E-state index contributed by atoms with van der Waals surface area (Å²) in [5.41, 5.74) is 4.96. The maximum Gasteiger partial charge on any atom is 0.196 e. The highest BCUT2D eigenvalue weighted by molar-refractivity contribution is 7.99. The van der Waals surface area contributed by atoms with Crippen molar-refractivity contribution in [1.29, 1.82) is 0 Å². The molecule has 1 atom stereocenters. The summed E-state index contributed by atoms with van der Waals surface area (Å²) >= 11 is 1.41. The maximum atomic E-state index is 12.9. The fraction of sp³-hybridized carbons (Fsp3) is 0.381. The summed E-state index contributed by atoms with van der Waals surface area (Å²) in [6, 6.07) is 10.2. The van der Waals surface area contributed by atoms with Crippen molar-refractivity contribution in [2.24, 2.45) is 0 Å². The number of aryl methyl sites for hydroxylation is 2. The zero-order chi connectivity index (χ0) is 20.3. The van der Waals surface area contributed by atoms with Crippen LogP contribution >= 0.6 is 11.8 Å². The number of ketones is 1. The van der Waals surface area contributed by atoms with Gasteiger partial charge in [0.2, 0.25) is 0 Å². The van der Waals surface area contributed by atoms with E-state index in [-0.39, 0.29) is 11.8 Å². The van der Waals surface area contributed by atoms with Crippen LogP contribution in [0.5, 0.6) is 0 Å². The number of ether oxygens (including phenoxy) is 1. The van der Waals surface area contributed by atoms with Crippen LogP contribution in [0.25, 0.3) is 5.69 Å². The third kappa shape index (κ3) is 4.05. The molecular formula is C21H26N4O2S. The molecule has 6 nitrogen and oxygen atoms in total. The Hall–Kier alpha value is -2.38. The van der Waals surface area contributed by atoms with Crippen LogP contribution in [0.1, 0.15) is 40.3 Å². The van der Waals surface area contributed by atoms with Crippen LogP contribution in [-0.4, -0.2) is 44.6 Å². The van der Waals surface area contributed by atoms with Gasteiger partial charge in [-0.1, -0.05) is 30.0 Å². The number of hydrogen-bond acceptors (Lipinski definition) is 5. The lowest BCUT2D eigenvalue weighted by molar-refractivity contribution is 0.102. The Balaban J connectivity index is 1.77. The van der Waals surface area contributed by atoms with Crippen molar-refractivity contribution in [2.45, 2.75) is 38.9 Å². The Morgan fingerprint density at radius 1 is 1.25 bits per heavy atom. The van der Waals surface area contributed by atoms with Gasteiger partial charge in [0, 0.05) is 24.1 Å².